The number of aliphatic hydroxyl groups excluding tert-OH is 1. The second kappa shape index (κ2) is 6.31. The molecule has 2 heteroatoms. The van der Waals surface area contributed by atoms with E-state index in [1.54, 1.807) is 0 Å². The monoisotopic (exact) mass is 282 g/mol. The molecule has 110 valence electrons. The molecular formula is C19H22O2. The fourth-order valence-corrected chi connectivity index (χ4v) is 2.99. The molecule has 1 aliphatic heterocycles. The highest BCUT2D eigenvalue weighted by Gasteiger charge is 2.22. The SMILES string of the molecule is Cc1ccc2c(c1)CC(CCCC(O)c1ccccc1)O2. The van der Waals surface area contributed by atoms with Crippen LogP contribution in [0.1, 0.15) is 42.1 Å². The summed E-state index contributed by atoms with van der Waals surface area (Å²) in [5.74, 6) is 1.04. The molecule has 0 aliphatic carbocycles. The van der Waals surface area contributed by atoms with Gasteiger partial charge in [-0.05, 0) is 43.4 Å². The Morgan fingerprint density at radius 1 is 1.19 bits per heavy atom. The molecule has 1 aliphatic rings. The summed E-state index contributed by atoms with van der Waals surface area (Å²) < 4.78 is 5.97. The highest BCUT2D eigenvalue weighted by Crippen LogP contribution is 2.32. The molecule has 21 heavy (non-hydrogen) atoms. The van der Waals surface area contributed by atoms with E-state index in [0.29, 0.717) is 0 Å². The van der Waals surface area contributed by atoms with Crippen LogP contribution in [0.25, 0.3) is 0 Å². The van der Waals surface area contributed by atoms with Crippen molar-refractivity contribution in [3.05, 3.63) is 65.2 Å². The molecule has 2 atom stereocenters. The molecule has 0 amide bonds. The second-order valence-electron chi connectivity index (χ2n) is 5.91. The quantitative estimate of drug-likeness (QED) is 0.890. The lowest BCUT2D eigenvalue weighted by Crippen LogP contribution is -2.13. The molecule has 2 nitrogen and oxygen atoms in total. The molecule has 0 saturated heterocycles. The first-order chi connectivity index (χ1) is 10.2. The normalized spacial score (nSPS) is 18.1. The van der Waals surface area contributed by atoms with E-state index in [1.807, 2.05) is 30.3 Å². The Kier molecular flexibility index (Phi) is 4.26. The van der Waals surface area contributed by atoms with Crippen LogP contribution in [-0.4, -0.2) is 11.2 Å². The average Bonchev–Trinajstić information content (AvgIpc) is 2.89. The molecule has 1 heterocycles. The average molecular weight is 282 g/mol. The van der Waals surface area contributed by atoms with E-state index in [0.717, 1.165) is 37.0 Å². The van der Waals surface area contributed by atoms with Gasteiger partial charge >= 0.3 is 0 Å². The molecular weight excluding hydrogens is 260 g/mol. The first kappa shape index (κ1) is 14.2. The maximum atomic E-state index is 10.2. The standard InChI is InChI=1S/C19H22O2/c1-14-10-11-19-16(12-14)13-17(21-19)8-5-9-18(20)15-6-3-2-4-7-15/h2-4,6-7,10-12,17-18,20H,5,8-9,13H2,1H3. The van der Waals surface area contributed by atoms with E-state index >= 15 is 0 Å². The predicted octanol–water partition coefficient (Wildman–Crippen LogP) is 4.20. The number of ether oxygens (including phenoxy) is 1. The van der Waals surface area contributed by atoms with Gasteiger partial charge in [0.2, 0.25) is 0 Å². The smallest absolute Gasteiger partial charge is 0.123 e. The fourth-order valence-electron chi connectivity index (χ4n) is 2.99. The van der Waals surface area contributed by atoms with Gasteiger partial charge in [-0.25, -0.2) is 0 Å². The van der Waals surface area contributed by atoms with E-state index in [-0.39, 0.29) is 12.2 Å². The number of fused-ring (bicyclic) bond motifs is 1. The van der Waals surface area contributed by atoms with Crippen LogP contribution in [0.3, 0.4) is 0 Å². The van der Waals surface area contributed by atoms with Gasteiger partial charge in [0.15, 0.2) is 0 Å². The maximum Gasteiger partial charge on any atom is 0.123 e. The number of aliphatic hydroxyl groups is 1. The van der Waals surface area contributed by atoms with Crippen LogP contribution in [0.15, 0.2) is 48.5 Å². The first-order valence-electron chi connectivity index (χ1n) is 7.71. The number of rotatable bonds is 5. The van der Waals surface area contributed by atoms with Crippen LogP contribution in [0.2, 0.25) is 0 Å². The predicted molar refractivity (Wildman–Crippen MR) is 84.6 cm³/mol. The molecule has 2 aromatic carbocycles. The summed E-state index contributed by atoms with van der Waals surface area (Å²) in [6, 6.07) is 16.3. The minimum Gasteiger partial charge on any atom is -0.490 e. The fraction of sp³-hybridized carbons (Fsp3) is 0.368. The lowest BCUT2D eigenvalue weighted by Gasteiger charge is -2.13. The Bertz CT molecular complexity index is 592. The van der Waals surface area contributed by atoms with Gasteiger partial charge in [0.05, 0.1) is 6.10 Å². The molecule has 0 spiro atoms. The largest absolute Gasteiger partial charge is 0.490 e. The molecule has 0 radical (unpaired) electrons. The second-order valence-corrected chi connectivity index (χ2v) is 5.91. The molecule has 3 rings (SSSR count). The zero-order valence-electron chi connectivity index (χ0n) is 12.5. The summed E-state index contributed by atoms with van der Waals surface area (Å²) in [5.41, 5.74) is 3.62. The van der Waals surface area contributed by atoms with Crippen LogP contribution < -0.4 is 4.74 Å². The number of hydrogen-bond acceptors (Lipinski definition) is 2. The maximum absolute atomic E-state index is 10.2. The molecule has 0 saturated carbocycles. The molecule has 1 N–H and O–H groups in total. The van der Waals surface area contributed by atoms with E-state index in [9.17, 15) is 5.11 Å². The van der Waals surface area contributed by atoms with Gasteiger partial charge in [-0.2, -0.15) is 0 Å². The molecule has 2 unspecified atom stereocenters. The molecule has 0 fully saturated rings. The van der Waals surface area contributed by atoms with Crippen LogP contribution >= 0.6 is 0 Å². The summed E-state index contributed by atoms with van der Waals surface area (Å²) in [7, 11) is 0. The lowest BCUT2D eigenvalue weighted by atomic mass is 10.0. The van der Waals surface area contributed by atoms with Crippen LogP contribution in [-0.2, 0) is 6.42 Å². The van der Waals surface area contributed by atoms with Crippen molar-refractivity contribution in [2.45, 2.75) is 44.8 Å². The Labute approximate surface area is 126 Å². The van der Waals surface area contributed by atoms with Crippen molar-refractivity contribution in [2.24, 2.45) is 0 Å². The third kappa shape index (κ3) is 3.45. The Morgan fingerprint density at radius 3 is 2.81 bits per heavy atom. The minimum absolute atomic E-state index is 0.268. The van der Waals surface area contributed by atoms with Crippen LogP contribution in [0.4, 0.5) is 0 Å². The summed E-state index contributed by atoms with van der Waals surface area (Å²) in [5, 5.41) is 10.2. The van der Waals surface area contributed by atoms with Gasteiger partial charge in [-0.15, -0.1) is 0 Å². The van der Waals surface area contributed by atoms with Crippen molar-refractivity contribution in [2.75, 3.05) is 0 Å². The molecule has 0 aromatic heterocycles. The minimum atomic E-state index is -0.364. The van der Waals surface area contributed by atoms with E-state index in [2.05, 4.69) is 25.1 Å². The third-order valence-electron chi connectivity index (χ3n) is 4.15. The van der Waals surface area contributed by atoms with Crippen molar-refractivity contribution in [1.29, 1.82) is 0 Å². The van der Waals surface area contributed by atoms with Gasteiger partial charge in [0.25, 0.3) is 0 Å². The molecule has 0 bridgehead atoms. The summed E-state index contributed by atoms with van der Waals surface area (Å²) in [6.07, 6.45) is 3.67. The Morgan fingerprint density at radius 2 is 2.00 bits per heavy atom. The van der Waals surface area contributed by atoms with Crippen molar-refractivity contribution >= 4 is 0 Å². The van der Waals surface area contributed by atoms with E-state index in [4.69, 9.17) is 4.74 Å². The zero-order valence-corrected chi connectivity index (χ0v) is 12.5. The van der Waals surface area contributed by atoms with Gasteiger partial charge in [-0.1, -0.05) is 48.0 Å². The third-order valence-corrected chi connectivity index (χ3v) is 4.15. The summed E-state index contributed by atoms with van der Waals surface area (Å²) in [6.45, 7) is 2.11. The van der Waals surface area contributed by atoms with Gasteiger partial charge in [0, 0.05) is 6.42 Å². The van der Waals surface area contributed by atoms with Gasteiger partial charge in [-0.3, -0.25) is 0 Å². The highest BCUT2D eigenvalue weighted by molar-refractivity contribution is 5.40. The zero-order chi connectivity index (χ0) is 14.7. The highest BCUT2D eigenvalue weighted by atomic mass is 16.5. The van der Waals surface area contributed by atoms with Gasteiger partial charge < -0.3 is 9.84 Å². The van der Waals surface area contributed by atoms with Crippen molar-refractivity contribution in [1.82, 2.24) is 0 Å². The van der Waals surface area contributed by atoms with Crippen LogP contribution in [0, 0.1) is 6.92 Å². The van der Waals surface area contributed by atoms with Crippen LogP contribution in [0.5, 0.6) is 5.75 Å². The van der Waals surface area contributed by atoms with E-state index < -0.39 is 0 Å². The van der Waals surface area contributed by atoms with Crippen molar-refractivity contribution < 1.29 is 9.84 Å². The Balaban J connectivity index is 1.47. The van der Waals surface area contributed by atoms with Gasteiger partial charge in [0.1, 0.15) is 11.9 Å². The summed E-state index contributed by atoms with van der Waals surface area (Å²) >= 11 is 0. The van der Waals surface area contributed by atoms with E-state index in [1.165, 1.54) is 11.1 Å². The van der Waals surface area contributed by atoms with Crippen molar-refractivity contribution in [3.63, 3.8) is 0 Å². The number of benzene rings is 2. The summed E-state index contributed by atoms with van der Waals surface area (Å²) in [4.78, 5) is 0. The first-order valence-corrected chi connectivity index (χ1v) is 7.71. The Hall–Kier alpha value is -1.80. The number of aryl methyl sites for hydroxylation is 1. The lowest BCUT2D eigenvalue weighted by molar-refractivity contribution is 0.152. The van der Waals surface area contributed by atoms with Crippen molar-refractivity contribution in [3.8, 4) is 5.75 Å². The topological polar surface area (TPSA) is 29.5 Å². The number of hydrogen-bond donors (Lipinski definition) is 1. The molecule has 2 aromatic rings.